The van der Waals surface area contributed by atoms with Crippen LogP contribution in [0.25, 0.3) is 0 Å². The second-order valence-electron chi connectivity index (χ2n) is 6.48. The first-order valence-electron chi connectivity index (χ1n) is 7.12. The average Bonchev–Trinajstić information content (AvgIpc) is 2.73. The zero-order valence-electron chi connectivity index (χ0n) is 13.2. The van der Waals surface area contributed by atoms with Crippen molar-refractivity contribution in [1.82, 2.24) is 9.80 Å². The highest BCUT2D eigenvalue weighted by molar-refractivity contribution is 5.81. The van der Waals surface area contributed by atoms with Crippen molar-refractivity contribution in [3.8, 4) is 0 Å². The molecule has 2 amide bonds. The maximum absolute atomic E-state index is 12.0. The molecule has 20 heavy (non-hydrogen) atoms. The average molecular weight is 285 g/mol. The van der Waals surface area contributed by atoms with Crippen molar-refractivity contribution in [3.05, 3.63) is 0 Å². The number of ether oxygens (including phenoxy) is 1. The standard InChI is InChI=1S/C14H27N3O3/c1-10(15)12(18)17-8-6-7-11(17)9-16(5)13(19)20-14(2,3)4/h10-11H,6-9,15H2,1-5H3. The maximum atomic E-state index is 12.0. The molecule has 1 heterocycles. The predicted molar refractivity (Wildman–Crippen MR) is 77.2 cm³/mol. The van der Waals surface area contributed by atoms with Crippen molar-refractivity contribution in [3.63, 3.8) is 0 Å². The molecule has 6 nitrogen and oxygen atoms in total. The van der Waals surface area contributed by atoms with E-state index < -0.39 is 11.6 Å². The Hall–Kier alpha value is -1.30. The van der Waals surface area contributed by atoms with E-state index in [0.29, 0.717) is 13.1 Å². The fourth-order valence-electron chi connectivity index (χ4n) is 2.31. The molecule has 116 valence electrons. The highest BCUT2D eigenvalue weighted by Gasteiger charge is 2.32. The van der Waals surface area contributed by atoms with Gasteiger partial charge in [-0.3, -0.25) is 4.79 Å². The van der Waals surface area contributed by atoms with Crippen LogP contribution in [0.15, 0.2) is 0 Å². The molecule has 1 fully saturated rings. The number of likely N-dealkylation sites (N-methyl/N-ethyl adjacent to an activating group) is 1. The summed E-state index contributed by atoms with van der Waals surface area (Å²) in [5.41, 5.74) is 5.14. The zero-order valence-corrected chi connectivity index (χ0v) is 13.2. The molecule has 1 aliphatic heterocycles. The number of carbonyl (C=O) groups excluding carboxylic acids is 2. The third-order valence-electron chi connectivity index (χ3n) is 3.24. The summed E-state index contributed by atoms with van der Waals surface area (Å²) in [6.45, 7) is 8.39. The van der Waals surface area contributed by atoms with Crippen molar-refractivity contribution in [1.29, 1.82) is 0 Å². The fourth-order valence-corrected chi connectivity index (χ4v) is 2.31. The minimum atomic E-state index is -0.512. The largest absolute Gasteiger partial charge is 0.444 e. The second kappa shape index (κ2) is 6.43. The van der Waals surface area contributed by atoms with Gasteiger partial charge in [-0.15, -0.1) is 0 Å². The van der Waals surface area contributed by atoms with Gasteiger partial charge in [-0.25, -0.2) is 4.79 Å². The smallest absolute Gasteiger partial charge is 0.410 e. The van der Waals surface area contributed by atoms with Crippen molar-refractivity contribution in [2.45, 2.75) is 58.2 Å². The fraction of sp³-hybridized carbons (Fsp3) is 0.857. The minimum Gasteiger partial charge on any atom is -0.444 e. The number of carbonyl (C=O) groups is 2. The van der Waals surface area contributed by atoms with Crippen LogP contribution in [0.3, 0.4) is 0 Å². The van der Waals surface area contributed by atoms with Crippen LogP contribution in [0.1, 0.15) is 40.5 Å². The summed E-state index contributed by atoms with van der Waals surface area (Å²) in [6.07, 6.45) is 1.48. The van der Waals surface area contributed by atoms with Crippen LogP contribution in [-0.2, 0) is 9.53 Å². The lowest BCUT2D eigenvalue weighted by Gasteiger charge is -2.31. The van der Waals surface area contributed by atoms with E-state index in [0.717, 1.165) is 12.8 Å². The molecule has 0 aromatic rings. The summed E-state index contributed by atoms with van der Waals surface area (Å²) in [7, 11) is 1.70. The quantitative estimate of drug-likeness (QED) is 0.845. The summed E-state index contributed by atoms with van der Waals surface area (Å²) < 4.78 is 5.31. The zero-order chi connectivity index (χ0) is 15.5. The van der Waals surface area contributed by atoms with E-state index in [1.165, 1.54) is 4.90 Å². The maximum Gasteiger partial charge on any atom is 0.410 e. The summed E-state index contributed by atoms with van der Waals surface area (Å²) in [5, 5.41) is 0. The molecule has 0 aliphatic carbocycles. The third-order valence-corrected chi connectivity index (χ3v) is 3.24. The van der Waals surface area contributed by atoms with Crippen LogP contribution in [0.2, 0.25) is 0 Å². The van der Waals surface area contributed by atoms with Gasteiger partial charge in [0.25, 0.3) is 0 Å². The Morgan fingerprint density at radius 2 is 2.05 bits per heavy atom. The molecule has 0 aromatic heterocycles. The number of nitrogens with zero attached hydrogens (tertiary/aromatic N) is 2. The van der Waals surface area contributed by atoms with Gasteiger partial charge in [0.05, 0.1) is 6.04 Å². The van der Waals surface area contributed by atoms with E-state index in [4.69, 9.17) is 10.5 Å². The van der Waals surface area contributed by atoms with E-state index in [-0.39, 0.29) is 18.0 Å². The van der Waals surface area contributed by atoms with Crippen LogP contribution >= 0.6 is 0 Å². The molecule has 1 saturated heterocycles. The second-order valence-corrected chi connectivity index (χ2v) is 6.48. The molecular formula is C14H27N3O3. The van der Waals surface area contributed by atoms with E-state index in [9.17, 15) is 9.59 Å². The Morgan fingerprint density at radius 3 is 2.55 bits per heavy atom. The van der Waals surface area contributed by atoms with Crippen molar-refractivity contribution >= 4 is 12.0 Å². The highest BCUT2D eigenvalue weighted by Crippen LogP contribution is 2.19. The van der Waals surface area contributed by atoms with Gasteiger partial charge in [0.15, 0.2) is 0 Å². The molecule has 2 unspecified atom stereocenters. The summed E-state index contributed by atoms with van der Waals surface area (Å²) in [6, 6.07) is -0.464. The number of rotatable bonds is 3. The third kappa shape index (κ3) is 4.67. The summed E-state index contributed by atoms with van der Waals surface area (Å²) in [4.78, 5) is 27.2. The molecule has 1 rings (SSSR count). The van der Waals surface area contributed by atoms with Crippen LogP contribution in [0, 0.1) is 0 Å². The van der Waals surface area contributed by atoms with Gasteiger partial charge in [-0.2, -0.15) is 0 Å². The summed E-state index contributed by atoms with van der Waals surface area (Å²) >= 11 is 0. The van der Waals surface area contributed by atoms with E-state index in [1.54, 1.807) is 18.9 Å². The van der Waals surface area contributed by atoms with Gasteiger partial charge in [0.2, 0.25) is 5.91 Å². The van der Waals surface area contributed by atoms with Gasteiger partial charge in [0, 0.05) is 26.2 Å². The molecule has 0 radical (unpaired) electrons. The van der Waals surface area contributed by atoms with Crippen molar-refractivity contribution in [2.75, 3.05) is 20.1 Å². The van der Waals surface area contributed by atoms with Crippen molar-refractivity contribution < 1.29 is 14.3 Å². The molecule has 0 bridgehead atoms. The lowest BCUT2D eigenvalue weighted by atomic mass is 10.2. The normalized spacial score (nSPS) is 20.7. The van der Waals surface area contributed by atoms with Crippen LogP contribution in [0.5, 0.6) is 0 Å². The lowest BCUT2D eigenvalue weighted by Crippen LogP contribution is -2.49. The minimum absolute atomic E-state index is 0.0334. The molecule has 0 spiro atoms. The Balaban J connectivity index is 2.58. The molecule has 0 saturated carbocycles. The van der Waals surface area contributed by atoms with Gasteiger partial charge in [-0.05, 0) is 40.5 Å². The van der Waals surface area contributed by atoms with E-state index in [2.05, 4.69) is 0 Å². The Labute approximate surface area is 121 Å². The monoisotopic (exact) mass is 285 g/mol. The number of hydrogen-bond acceptors (Lipinski definition) is 4. The Morgan fingerprint density at radius 1 is 1.45 bits per heavy atom. The van der Waals surface area contributed by atoms with Crippen LogP contribution in [-0.4, -0.2) is 59.6 Å². The number of hydrogen-bond donors (Lipinski definition) is 1. The lowest BCUT2D eigenvalue weighted by molar-refractivity contribution is -0.133. The molecule has 0 aromatic carbocycles. The molecular weight excluding hydrogens is 258 g/mol. The molecule has 6 heteroatoms. The first kappa shape index (κ1) is 16.8. The van der Waals surface area contributed by atoms with Crippen LogP contribution in [0.4, 0.5) is 4.79 Å². The molecule has 2 atom stereocenters. The van der Waals surface area contributed by atoms with E-state index in [1.807, 2.05) is 20.8 Å². The first-order valence-corrected chi connectivity index (χ1v) is 7.12. The van der Waals surface area contributed by atoms with E-state index >= 15 is 0 Å². The van der Waals surface area contributed by atoms with Crippen LogP contribution < -0.4 is 5.73 Å². The summed E-state index contributed by atoms with van der Waals surface area (Å²) in [5.74, 6) is -0.0508. The van der Waals surface area contributed by atoms with Gasteiger partial charge >= 0.3 is 6.09 Å². The topological polar surface area (TPSA) is 75.9 Å². The predicted octanol–water partition coefficient (Wildman–Crippen LogP) is 1.19. The van der Waals surface area contributed by atoms with Gasteiger partial charge < -0.3 is 20.3 Å². The Kier molecular flexibility index (Phi) is 5.39. The van der Waals surface area contributed by atoms with Gasteiger partial charge in [-0.1, -0.05) is 0 Å². The highest BCUT2D eigenvalue weighted by atomic mass is 16.6. The Bertz CT molecular complexity index is 363. The molecule has 1 aliphatic rings. The van der Waals surface area contributed by atoms with Gasteiger partial charge in [0.1, 0.15) is 5.60 Å². The number of likely N-dealkylation sites (tertiary alicyclic amines) is 1. The van der Waals surface area contributed by atoms with Crippen molar-refractivity contribution in [2.24, 2.45) is 5.73 Å². The molecule has 2 N–H and O–H groups in total. The number of nitrogens with two attached hydrogens (primary N) is 1. The number of amides is 2. The SMILES string of the molecule is CC(N)C(=O)N1CCCC1CN(C)C(=O)OC(C)(C)C. The first-order chi connectivity index (χ1) is 9.11.